The molecule has 1 aliphatic heterocycles. The molecule has 0 bridgehead atoms. The van der Waals surface area contributed by atoms with Crippen molar-refractivity contribution in [1.29, 1.82) is 0 Å². The first-order valence-corrected chi connectivity index (χ1v) is 6.57. The Kier molecular flexibility index (Phi) is 4.63. The van der Waals surface area contributed by atoms with E-state index >= 15 is 0 Å². The molecule has 1 aliphatic rings. The lowest BCUT2D eigenvalue weighted by atomic mass is 10.1. The van der Waals surface area contributed by atoms with Crippen LogP contribution in [0, 0.1) is 0 Å². The first-order valence-electron chi connectivity index (χ1n) is 6.57. The first-order chi connectivity index (χ1) is 9.19. The summed E-state index contributed by atoms with van der Waals surface area (Å²) in [6.07, 6.45) is 0.357. The van der Waals surface area contributed by atoms with E-state index in [-0.39, 0.29) is 18.7 Å². The van der Waals surface area contributed by atoms with E-state index in [1.54, 1.807) is 0 Å². The minimum atomic E-state index is 0.0172. The Balaban J connectivity index is 1.82. The Morgan fingerprint density at radius 1 is 1.37 bits per heavy atom. The molecule has 0 radical (unpaired) electrons. The van der Waals surface area contributed by atoms with Crippen LogP contribution in [0.1, 0.15) is 19.4 Å². The number of amides is 1. The molecule has 2 rings (SSSR count). The van der Waals surface area contributed by atoms with Crippen molar-refractivity contribution in [3.8, 4) is 11.5 Å². The second-order valence-corrected chi connectivity index (χ2v) is 4.63. The van der Waals surface area contributed by atoms with Crippen LogP contribution in [0.25, 0.3) is 0 Å². The van der Waals surface area contributed by atoms with Gasteiger partial charge in [0.1, 0.15) is 0 Å². The Hall–Kier alpha value is -1.75. The van der Waals surface area contributed by atoms with Crippen molar-refractivity contribution >= 4 is 5.91 Å². The van der Waals surface area contributed by atoms with Gasteiger partial charge in [0.25, 0.3) is 0 Å². The Bertz CT molecular complexity index is 448. The molecule has 0 fully saturated rings. The summed E-state index contributed by atoms with van der Waals surface area (Å²) >= 11 is 0. The van der Waals surface area contributed by atoms with E-state index in [1.165, 1.54) is 0 Å². The van der Waals surface area contributed by atoms with Gasteiger partial charge in [-0.05, 0) is 31.2 Å². The van der Waals surface area contributed by atoms with Gasteiger partial charge in [0.15, 0.2) is 11.5 Å². The number of carbonyl (C=O) groups is 1. The van der Waals surface area contributed by atoms with Crippen LogP contribution in [0.3, 0.4) is 0 Å². The number of hydrogen-bond donors (Lipinski definition) is 2. The molecular formula is C14H20N2O3. The molecule has 5 heteroatoms. The molecule has 19 heavy (non-hydrogen) atoms. The number of fused-ring (bicyclic) bond motifs is 1. The van der Waals surface area contributed by atoms with Gasteiger partial charge in [0.2, 0.25) is 12.7 Å². The number of rotatable bonds is 6. The summed E-state index contributed by atoms with van der Waals surface area (Å²) in [6, 6.07) is 5.87. The molecule has 1 aromatic carbocycles. The third kappa shape index (κ3) is 3.86. The predicted octanol–water partition coefficient (Wildman–Crippen LogP) is 1.07. The SMILES string of the molecule is CCN[C@H](C)CNC(=O)Cc1ccc2c(c1)OCO2. The van der Waals surface area contributed by atoms with Gasteiger partial charge in [-0.1, -0.05) is 13.0 Å². The average Bonchev–Trinajstić information content (AvgIpc) is 2.84. The number of benzene rings is 1. The fraction of sp³-hybridized carbons (Fsp3) is 0.500. The molecule has 104 valence electrons. The molecule has 0 saturated carbocycles. The van der Waals surface area contributed by atoms with Gasteiger partial charge < -0.3 is 20.1 Å². The van der Waals surface area contributed by atoms with Gasteiger partial charge in [-0.3, -0.25) is 4.79 Å². The normalized spacial score (nSPS) is 14.2. The van der Waals surface area contributed by atoms with Crippen LogP contribution in [0.4, 0.5) is 0 Å². The van der Waals surface area contributed by atoms with Crippen LogP contribution < -0.4 is 20.1 Å². The molecule has 0 aromatic heterocycles. The van der Waals surface area contributed by atoms with Crippen molar-refractivity contribution in [3.05, 3.63) is 23.8 Å². The number of hydrogen-bond acceptors (Lipinski definition) is 4. The Morgan fingerprint density at radius 2 is 2.16 bits per heavy atom. The maximum Gasteiger partial charge on any atom is 0.231 e. The molecule has 0 saturated heterocycles. The zero-order valence-corrected chi connectivity index (χ0v) is 11.4. The number of ether oxygens (including phenoxy) is 2. The van der Waals surface area contributed by atoms with Crippen LogP contribution in [0.5, 0.6) is 11.5 Å². The third-order valence-electron chi connectivity index (χ3n) is 2.96. The summed E-state index contributed by atoms with van der Waals surface area (Å²) in [7, 11) is 0. The second-order valence-electron chi connectivity index (χ2n) is 4.63. The highest BCUT2D eigenvalue weighted by Gasteiger charge is 2.14. The monoisotopic (exact) mass is 264 g/mol. The summed E-state index contributed by atoms with van der Waals surface area (Å²) in [4.78, 5) is 11.8. The van der Waals surface area contributed by atoms with Crippen LogP contribution in [0.2, 0.25) is 0 Å². The molecule has 0 unspecified atom stereocenters. The maximum absolute atomic E-state index is 11.8. The summed E-state index contributed by atoms with van der Waals surface area (Å²) < 4.78 is 10.5. The lowest BCUT2D eigenvalue weighted by Gasteiger charge is -2.13. The van der Waals surface area contributed by atoms with Crippen molar-refractivity contribution in [1.82, 2.24) is 10.6 Å². The number of carbonyl (C=O) groups excluding carboxylic acids is 1. The molecule has 2 N–H and O–H groups in total. The average molecular weight is 264 g/mol. The van der Waals surface area contributed by atoms with Gasteiger partial charge in [-0.25, -0.2) is 0 Å². The van der Waals surface area contributed by atoms with Crippen LogP contribution in [-0.4, -0.2) is 31.8 Å². The lowest BCUT2D eigenvalue weighted by Crippen LogP contribution is -2.39. The van der Waals surface area contributed by atoms with Crippen LogP contribution in [-0.2, 0) is 11.2 Å². The van der Waals surface area contributed by atoms with E-state index in [2.05, 4.69) is 10.6 Å². The minimum absolute atomic E-state index is 0.0172. The van der Waals surface area contributed by atoms with E-state index in [4.69, 9.17) is 9.47 Å². The summed E-state index contributed by atoms with van der Waals surface area (Å²) in [5.74, 6) is 1.47. The molecule has 1 aromatic rings. The summed E-state index contributed by atoms with van der Waals surface area (Å²) in [6.45, 7) is 5.89. The topological polar surface area (TPSA) is 59.6 Å². The standard InChI is InChI=1S/C14H20N2O3/c1-3-15-10(2)8-16-14(17)7-11-4-5-12-13(6-11)19-9-18-12/h4-6,10,15H,3,7-9H2,1-2H3,(H,16,17)/t10-/m1/s1. The van der Waals surface area contributed by atoms with Crippen molar-refractivity contribution in [2.45, 2.75) is 26.3 Å². The third-order valence-corrected chi connectivity index (χ3v) is 2.96. The van der Waals surface area contributed by atoms with Crippen molar-refractivity contribution < 1.29 is 14.3 Å². The van der Waals surface area contributed by atoms with E-state index < -0.39 is 0 Å². The quantitative estimate of drug-likeness (QED) is 0.807. The zero-order chi connectivity index (χ0) is 13.7. The van der Waals surface area contributed by atoms with Gasteiger partial charge in [0.05, 0.1) is 6.42 Å². The van der Waals surface area contributed by atoms with Crippen molar-refractivity contribution in [2.75, 3.05) is 19.9 Å². The second kappa shape index (κ2) is 6.43. The minimum Gasteiger partial charge on any atom is -0.454 e. The highest BCUT2D eigenvalue weighted by atomic mass is 16.7. The largest absolute Gasteiger partial charge is 0.454 e. The first kappa shape index (κ1) is 13.7. The highest BCUT2D eigenvalue weighted by molar-refractivity contribution is 5.78. The summed E-state index contributed by atoms with van der Waals surface area (Å²) in [5.41, 5.74) is 0.929. The van der Waals surface area contributed by atoms with Crippen molar-refractivity contribution in [3.63, 3.8) is 0 Å². The zero-order valence-electron chi connectivity index (χ0n) is 11.4. The number of likely N-dealkylation sites (N-methyl/N-ethyl adjacent to an activating group) is 1. The van der Waals surface area contributed by atoms with Crippen molar-refractivity contribution in [2.24, 2.45) is 0 Å². The molecule has 1 amide bonds. The lowest BCUT2D eigenvalue weighted by molar-refractivity contribution is -0.120. The highest BCUT2D eigenvalue weighted by Crippen LogP contribution is 2.32. The van der Waals surface area contributed by atoms with Gasteiger partial charge in [-0.15, -0.1) is 0 Å². The fourth-order valence-electron chi connectivity index (χ4n) is 1.99. The summed E-state index contributed by atoms with van der Waals surface area (Å²) in [5, 5.41) is 6.16. The molecule has 5 nitrogen and oxygen atoms in total. The molecule has 1 atom stereocenters. The van der Waals surface area contributed by atoms with E-state index in [0.717, 1.165) is 17.9 Å². The van der Waals surface area contributed by atoms with Crippen LogP contribution in [0.15, 0.2) is 18.2 Å². The van der Waals surface area contributed by atoms with E-state index in [1.807, 2.05) is 32.0 Å². The van der Waals surface area contributed by atoms with E-state index in [0.29, 0.717) is 18.7 Å². The Morgan fingerprint density at radius 3 is 2.95 bits per heavy atom. The van der Waals surface area contributed by atoms with Gasteiger partial charge >= 0.3 is 0 Å². The smallest absolute Gasteiger partial charge is 0.231 e. The maximum atomic E-state index is 11.8. The Labute approximate surface area is 113 Å². The molecule has 1 heterocycles. The van der Waals surface area contributed by atoms with Gasteiger partial charge in [-0.2, -0.15) is 0 Å². The predicted molar refractivity (Wildman–Crippen MR) is 72.4 cm³/mol. The van der Waals surface area contributed by atoms with Crippen LogP contribution >= 0.6 is 0 Å². The van der Waals surface area contributed by atoms with E-state index in [9.17, 15) is 4.79 Å². The van der Waals surface area contributed by atoms with Gasteiger partial charge in [0, 0.05) is 12.6 Å². The molecule has 0 aliphatic carbocycles. The molecular weight excluding hydrogens is 244 g/mol. The number of nitrogens with one attached hydrogen (secondary N) is 2. The molecule has 0 spiro atoms. The fourth-order valence-corrected chi connectivity index (χ4v) is 1.99.